The molecule has 0 spiro atoms. The third-order valence-electron chi connectivity index (χ3n) is 3.92. The fraction of sp³-hybridized carbons (Fsp3) is 0.118. The van der Waals surface area contributed by atoms with Crippen LogP contribution in [0.15, 0.2) is 40.9 Å². The summed E-state index contributed by atoms with van der Waals surface area (Å²) in [6.07, 6.45) is 0.394. The molecule has 1 aliphatic rings. The highest BCUT2D eigenvalue weighted by molar-refractivity contribution is 9.10. The van der Waals surface area contributed by atoms with E-state index in [0.29, 0.717) is 6.42 Å². The summed E-state index contributed by atoms with van der Waals surface area (Å²) in [4.78, 5) is 15.6. The summed E-state index contributed by atoms with van der Waals surface area (Å²) in [5.41, 5.74) is 6.27. The molecule has 0 atom stereocenters. The highest BCUT2D eigenvalue weighted by Crippen LogP contribution is 2.38. The van der Waals surface area contributed by atoms with Crippen LogP contribution in [0.25, 0.3) is 22.2 Å². The lowest BCUT2D eigenvalue weighted by Crippen LogP contribution is -2.12. The van der Waals surface area contributed by atoms with E-state index >= 15 is 0 Å². The molecule has 0 saturated carbocycles. The number of aryl methyl sites for hydroxylation is 1. The fourth-order valence-corrected chi connectivity index (χ4v) is 3.33. The highest BCUT2D eigenvalue weighted by atomic mass is 79.9. The topological polar surface area (TPSA) is 44.9 Å². The molecule has 104 valence electrons. The van der Waals surface area contributed by atoms with E-state index in [2.05, 4.69) is 51.4 Å². The molecule has 4 heteroatoms. The number of aromatic nitrogens is 1. The Morgan fingerprint density at radius 2 is 2.00 bits per heavy atom. The van der Waals surface area contributed by atoms with Crippen molar-refractivity contribution in [1.82, 2.24) is 4.98 Å². The van der Waals surface area contributed by atoms with Gasteiger partial charge in [-0.05, 0) is 36.8 Å². The van der Waals surface area contributed by atoms with Crippen molar-refractivity contribution in [2.45, 2.75) is 13.3 Å². The predicted molar refractivity (Wildman–Crippen MR) is 88.5 cm³/mol. The zero-order chi connectivity index (χ0) is 14.6. The van der Waals surface area contributed by atoms with Gasteiger partial charge in [0.2, 0.25) is 5.91 Å². The lowest BCUT2D eigenvalue weighted by Gasteiger charge is -2.07. The molecule has 4 rings (SSSR count). The maximum Gasteiger partial charge on any atom is 0.228 e. The van der Waals surface area contributed by atoms with Gasteiger partial charge in [-0.2, -0.15) is 0 Å². The molecule has 2 aromatic carbocycles. The first-order chi connectivity index (χ1) is 10.1. The number of fused-ring (bicyclic) bond motifs is 5. The number of aromatic amines is 1. The largest absolute Gasteiger partial charge is 0.354 e. The van der Waals surface area contributed by atoms with E-state index in [1.54, 1.807) is 0 Å². The molecule has 1 amide bonds. The average Bonchev–Trinajstić information content (AvgIpc) is 2.71. The second kappa shape index (κ2) is 4.46. The van der Waals surface area contributed by atoms with Crippen LogP contribution >= 0.6 is 15.9 Å². The fourth-order valence-electron chi connectivity index (χ4n) is 2.97. The van der Waals surface area contributed by atoms with Gasteiger partial charge in [-0.15, -0.1) is 0 Å². The quantitative estimate of drug-likeness (QED) is 0.625. The summed E-state index contributed by atoms with van der Waals surface area (Å²) in [5, 5.41) is 4.10. The number of benzene rings is 2. The molecule has 3 nitrogen and oxygen atoms in total. The molecule has 0 fully saturated rings. The molecule has 2 N–H and O–H groups in total. The van der Waals surface area contributed by atoms with Crippen molar-refractivity contribution in [1.29, 1.82) is 0 Å². The Kier molecular flexibility index (Phi) is 2.69. The second-order valence-electron chi connectivity index (χ2n) is 5.44. The molecule has 2 heterocycles. The number of hydrogen-bond acceptors (Lipinski definition) is 1. The number of halogens is 1. The number of rotatable bonds is 0. The van der Waals surface area contributed by atoms with Crippen LogP contribution in [-0.2, 0) is 11.2 Å². The SMILES string of the molecule is Cc1ccc2c(c1)-c1[nH]c3cc(Br)ccc3c1CC(=O)N2. The Morgan fingerprint density at radius 1 is 1.14 bits per heavy atom. The van der Waals surface area contributed by atoms with Gasteiger partial charge in [0, 0.05) is 20.9 Å². The number of carbonyl (C=O) groups excluding carboxylic acids is 1. The highest BCUT2D eigenvalue weighted by Gasteiger charge is 2.22. The van der Waals surface area contributed by atoms with E-state index in [9.17, 15) is 4.79 Å². The minimum absolute atomic E-state index is 0.0303. The van der Waals surface area contributed by atoms with Crippen molar-refractivity contribution < 1.29 is 4.79 Å². The van der Waals surface area contributed by atoms with Crippen molar-refractivity contribution >= 4 is 38.4 Å². The average molecular weight is 341 g/mol. The van der Waals surface area contributed by atoms with Gasteiger partial charge < -0.3 is 10.3 Å². The van der Waals surface area contributed by atoms with Crippen molar-refractivity contribution in [2.75, 3.05) is 5.32 Å². The van der Waals surface area contributed by atoms with Gasteiger partial charge in [0.25, 0.3) is 0 Å². The molecule has 0 unspecified atom stereocenters. The Bertz CT molecular complexity index is 895. The van der Waals surface area contributed by atoms with Gasteiger partial charge in [0.15, 0.2) is 0 Å². The predicted octanol–water partition coefficient (Wildman–Crippen LogP) is 4.40. The molecular formula is C17H13BrN2O. The number of amides is 1. The molecule has 0 bridgehead atoms. The molecule has 21 heavy (non-hydrogen) atoms. The molecule has 3 aromatic rings. The first-order valence-corrected chi connectivity index (χ1v) is 7.62. The molecular weight excluding hydrogens is 328 g/mol. The number of hydrogen-bond donors (Lipinski definition) is 2. The lowest BCUT2D eigenvalue weighted by atomic mass is 10.0. The normalized spacial score (nSPS) is 13.5. The minimum atomic E-state index is 0.0303. The van der Waals surface area contributed by atoms with Crippen LogP contribution in [0.4, 0.5) is 5.69 Å². The molecule has 0 aliphatic carbocycles. The first-order valence-electron chi connectivity index (χ1n) is 6.83. The third-order valence-corrected chi connectivity index (χ3v) is 4.42. The van der Waals surface area contributed by atoms with Crippen LogP contribution in [0, 0.1) is 6.92 Å². The number of nitrogens with one attached hydrogen (secondary N) is 2. The molecule has 0 saturated heterocycles. The van der Waals surface area contributed by atoms with Crippen LogP contribution in [0.2, 0.25) is 0 Å². The Labute approximate surface area is 130 Å². The van der Waals surface area contributed by atoms with Crippen LogP contribution in [-0.4, -0.2) is 10.9 Å². The summed E-state index contributed by atoms with van der Waals surface area (Å²) in [6, 6.07) is 12.2. The Morgan fingerprint density at radius 3 is 2.86 bits per heavy atom. The van der Waals surface area contributed by atoms with Crippen LogP contribution < -0.4 is 5.32 Å². The summed E-state index contributed by atoms with van der Waals surface area (Å²) >= 11 is 3.50. The van der Waals surface area contributed by atoms with E-state index < -0.39 is 0 Å². The summed E-state index contributed by atoms with van der Waals surface area (Å²) in [7, 11) is 0. The minimum Gasteiger partial charge on any atom is -0.354 e. The lowest BCUT2D eigenvalue weighted by molar-refractivity contribution is -0.115. The first kappa shape index (κ1) is 12.7. The van der Waals surface area contributed by atoms with Crippen molar-refractivity contribution in [3.63, 3.8) is 0 Å². The van der Waals surface area contributed by atoms with Gasteiger partial charge in [-0.1, -0.05) is 33.6 Å². The molecule has 1 aliphatic heterocycles. The second-order valence-corrected chi connectivity index (χ2v) is 6.36. The smallest absolute Gasteiger partial charge is 0.228 e. The van der Waals surface area contributed by atoms with Gasteiger partial charge >= 0.3 is 0 Å². The standard InChI is InChI=1S/C17H13BrN2O/c1-9-2-5-14-13(6-9)17-12(8-16(21)19-14)11-4-3-10(18)7-15(11)20-17/h2-7,20H,8H2,1H3,(H,19,21). The van der Waals surface area contributed by atoms with Gasteiger partial charge in [0.1, 0.15) is 0 Å². The van der Waals surface area contributed by atoms with E-state index in [4.69, 9.17) is 0 Å². The monoisotopic (exact) mass is 340 g/mol. The summed E-state index contributed by atoms with van der Waals surface area (Å²) in [5.74, 6) is 0.0303. The zero-order valence-electron chi connectivity index (χ0n) is 11.5. The third kappa shape index (κ3) is 1.98. The number of anilines is 1. The summed E-state index contributed by atoms with van der Waals surface area (Å²) in [6.45, 7) is 2.06. The van der Waals surface area contributed by atoms with Gasteiger partial charge in [-0.25, -0.2) is 0 Å². The van der Waals surface area contributed by atoms with Gasteiger partial charge in [0.05, 0.1) is 17.8 Å². The number of H-pyrrole nitrogens is 1. The van der Waals surface area contributed by atoms with E-state index in [0.717, 1.165) is 37.9 Å². The van der Waals surface area contributed by atoms with Crippen molar-refractivity contribution in [3.05, 3.63) is 52.0 Å². The van der Waals surface area contributed by atoms with Crippen molar-refractivity contribution in [3.8, 4) is 11.3 Å². The Balaban J connectivity index is 2.09. The van der Waals surface area contributed by atoms with Gasteiger partial charge in [-0.3, -0.25) is 4.79 Å². The van der Waals surface area contributed by atoms with Crippen LogP contribution in [0.1, 0.15) is 11.1 Å². The maximum absolute atomic E-state index is 12.2. The van der Waals surface area contributed by atoms with E-state index in [1.807, 2.05) is 18.2 Å². The van der Waals surface area contributed by atoms with E-state index in [1.165, 1.54) is 5.56 Å². The summed E-state index contributed by atoms with van der Waals surface area (Å²) < 4.78 is 1.03. The van der Waals surface area contributed by atoms with E-state index in [-0.39, 0.29) is 5.91 Å². The molecule has 1 aromatic heterocycles. The van der Waals surface area contributed by atoms with Crippen LogP contribution in [0.3, 0.4) is 0 Å². The Hall–Kier alpha value is -2.07. The zero-order valence-corrected chi connectivity index (χ0v) is 13.0. The maximum atomic E-state index is 12.2. The van der Waals surface area contributed by atoms with Crippen LogP contribution in [0.5, 0.6) is 0 Å². The molecule has 0 radical (unpaired) electrons. The van der Waals surface area contributed by atoms with Crippen molar-refractivity contribution in [2.24, 2.45) is 0 Å². The number of carbonyl (C=O) groups is 1.